The van der Waals surface area contributed by atoms with Gasteiger partial charge in [0, 0.05) is 10.8 Å². The molecule has 5 aromatic rings. The van der Waals surface area contributed by atoms with Crippen molar-refractivity contribution in [2.24, 2.45) is 0 Å². The molecule has 0 bridgehead atoms. The Bertz CT molecular complexity index is 1770. The van der Waals surface area contributed by atoms with Crippen molar-refractivity contribution in [2.75, 3.05) is 0 Å². The summed E-state index contributed by atoms with van der Waals surface area (Å²) in [6.45, 7) is 0. The predicted molar refractivity (Wildman–Crippen MR) is 105 cm³/mol. The largest absolute Gasteiger partial charge is 0.294 e. The Hall–Kier alpha value is -3.12. The summed E-state index contributed by atoms with van der Waals surface area (Å²) in [6.07, 6.45) is 0. The molecule has 3 aromatic carbocycles. The Morgan fingerprint density at radius 2 is 1.55 bits per heavy atom. The first kappa shape index (κ1) is 17.9. The van der Waals surface area contributed by atoms with Crippen LogP contribution in [0.25, 0.3) is 38.2 Å². The zero-order valence-electron chi connectivity index (χ0n) is 14.3. The Kier molecular flexibility index (Phi) is 3.39. The molecule has 0 aliphatic carbocycles. The lowest BCUT2D eigenvalue weighted by Gasteiger charge is -2.09. The minimum atomic E-state index is -4.56. The quantitative estimate of drug-likeness (QED) is 0.405. The zero-order valence-corrected chi connectivity index (χ0v) is 15.9. The van der Waals surface area contributed by atoms with Gasteiger partial charge < -0.3 is 0 Å². The molecule has 0 saturated heterocycles. The van der Waals surface area contributed by atoms with Crippen molar-refractivity contribution in [3.8, 4) is 0 Å². The topological polar surface area (TPSA) is 143 Å². The van der Waals surface area contributed by atoms with Crippen LogP contribution < -0.4 is 5.56 Å². The fourth-order valence-corrected chi connectivity index (χ4v) is 4.67. The van der Waals surface area contributed by atoms with Crippen LogP contribution in [0.15, 0.2) is 63.1 Å². The monoisotopic (exact) mass is 430 g/mol. The van der Waals surface area contributed by atoms with E-state index in [4.69, 9.17) is 0 Å². The summed E-state index contributed by atoms with van der Waals surface area (Å²) in [5, 5.41) is 1.47. The summed E-state index contributed by atoms with van der Waals surface area (Å²) in [4.78, 5) is 16.8. The van der Waals surface area contributed by atoms with Crippen LogP contribution in [0.5, 0.6) is 0 Å². The lowest BCUT2D eigenvalue weighted by atomic mass is 10.0. The molecular formula is C18H10N2O7S2. The van der Waals surface area contributed by atoms with Crippen LogP contribution in [0.3, 0.4) is 0 Å². The van der Waals surface area contributed by atoms with E-state index in [1.807, 2.05) is 0 Å². The van der Waals surface area contributed by atoms with Crippen LogP contribution >= 0.6 is 0 Å². The van der Waals surface area contributed by atoms with Crippen molar-refractivity contribution in [1.82, 2.24) is 9.38 Å². The molecule has 146 valence electrons. The Morgan fingerprint density at radius 3 is 2.24 bits per heavy atom. The van der Waals surface area contributed by atoms with Crippen molar-refractivity contribution < 1.29 is 25.9 Å². The van der Waals surface area contributed by atoms with E-state index < -0.39 is 35.6 Å². The first-order valence-corrected chi connectivity index (χ1v) is 11.0. The predicted octanol–water partition coefficient (Wildman–Crippen LogP) is 2.09. The summed E-state index contributed by atoms with van der Waals surface area (Å²) in [5.74, 6) is 0. The summed E-state index contributed by atoms with van der Waals surface area (Å²) in [7, 11) is -9.07. The Labute approximate surface area is 162 Å². The molecule has 0 fully saturated rings. The standard InChI is InChI=1S/C18H10N2O7S2/c21-18-13-7-11(29(25,26)27)6-9-2-1-3-12(16(9)13)17-19-14-5-4-10(28(22,23)24)8-15(14)20(17)18/h1-8H,(H,22,23,24)(H,25,26,27). The number of benzene rings is 3. The van der Waals surface area contributed by atoms with Gasteiger partial charge in [-0.1, -0.05) is 18.2 Å². The average Bonchev–Trinajstić information content (AvgIpc) is 3.03. The maximum atomic E-state index is 13.2. The van der Waals surface area contributed by atoms with E-state index in [1.54, 1.807) is 18.2 Å². The second kappa shape index (κ2) is 5.48. The van der Waals surface area contributed by atoms with Gasteiger partial charge in [-0.15, -0.1) is 0 Å². The van der Waals surface area contributed by atoms with Gasteiger partial charge in [0.15, 0.2) is 0 Å². The van der Waals surface area contributed by atoms with Crippen LogP contribution in [0, 0.1) is 0 Å². The minimum Gasteiger partial charge on any atom is -0.282 e. The first-order chi connectivity index (χ1) is 13.6. The molecule has 0 aliphatic heterocycles. The van der Waals surface area contributed by atoms with Gasteiger partial charge in [0.1, 0.15) is 5.65 Å². The zero-order chi connectivity index (χ0) is 20.7. The van der Waals surface area contributed by atoms with Gasteiger partial charge in [-0.25, -0.2) is 4.98 Å². The molecule has 29 heavy (non-hydrogen) atoms. The molecule has 2 N–H and O–H groups in total. The first-order valence-electron chi connectivity index (χ1n) is 8.15. The number of aromatic nitrogens is 2. The number of imidazole rings is 1. The van der Waals surface area contributed by atoms with Gasteiger partial charge in [-0.05, 0) is 35.7 Å². The lowest BCUT2D eigenvalue weighted by molar-refractivity contribution is 0.481. The molecule has 2 aromatic heterocycles. The molecule has 0 saturated carbocycles. The van der Waals surface area contributed by atoms with Crippen molar-refractivity contribution >= 4 is 58.5 Å². The molecule has 9 nitrogen and oxygen atoms in total. The number of hydrogen-bond acceptors (Lipinski definition) is 6. The molecule has 2 heterocycles. The summed E-state index contributed by atoms with van der Waals surface area (Å²) in [6, 6.07) is 11.0. The third-order valence-corrected chi connectivity index (χ3v) is 6.53. The average molecular weight is 430 g/mol. The molecule has 0 radical (unpaired) electrons. The maximum Gasteiger partial charge on any atom is 0.294 e. The van der Waals surface area contributed by atoms with E-state index in [2.05, 4.69) is 4.98 Å². The molecule has 0 atom stereocenters. The van der Waals surface area contributed by atoms with E-state index in [-0.39, 0.29) is 16.6 Å². The van der Waals surface area contributed by atoms with E-state index in [0.29, 0.717) is 21.7 Å². The highest BCUT2D eigenvalue weighted by Gasteiger charge is 2.20. The normalized spacial score (nSPS) is 13.2. The number of fused-ring (bicyclic) bond motifs is 4. The van der Waals surface area contributed by atoms with E-state index in [1.165, 1.54) is 18.2 Å². The highest BCUT2D eigenvalue weighted by Crippen LogP contribution is 2.32. The fraction of sp³-hybridized carbons (Fsp3) is 0. The third-order valence-electron chi connectivity index (χ3n) is 4.85. The number of hydrogen-bond donors (Lipinski definition) is 2. The SMILES string of the molecule is O=c1c2cc(S(=O)(=O)O)cc3cccc(c32)c2nc3ccc(S(=O)(=O)O)cc3n12. The summed E-state index contributed by atoms with van der Waals surface area (Å²) in [5.41, 5.74) is 0.0833. The Morgan fingerprint density at radius 1 is 0.828 bits per heavy atom. The molecular weight excluding hydrogens is 420 g/mol. The van der Waals surface area contributed by atoms with E-state index >= 15 is 0 Å². The summed E-state index contributed by atoms with van der Waals surface area (Å²) < 4.78 is 66.2. The second-order valence-corrected chi connectivity index (χ2v) is 9.39. The summed E-state index contributed by atoms with van der Waals surface area (Å²) >= 11 is 0. The maximum absolute atomic E-state index is 13.2. The van der Waals surface area contributed by atoms with Crippen LogP contribution in [0.4, 0.5) is 0 Å². The molecule has 5 rings (SSSR count). The van der Waals surface area contributed by atoms with E-state index in [9.17, 15) is 30.7 Å². The fourth-order valence-electron chi connectivity index (χ4n) is 3.63. The minimum absolute atomic E-state index is 0.0229. The van der Waals surface area contributed by atoms with Crippen LogP contribution in [-0.2, 0) is 20.2 Å². The van der Waals surface area contributed by atoms with Crippen LogP contribution in [-0.4, -0.2) is 35.3 Å². The molecule has 0 amide bonds. The highest BCUT2D eigenvalue weighted by molar-refractivity contribution is 7.86. The van der Waals surface area contributed by atoms with Crippen molar-refractivity contribution in [3.05, 3.63) is 58.9 Å². The van der Waals surface area contributed by atoms with Crippen molar-refractivity contribution in [2.45, 2.75) is 9.79 Å². The molecule has 11 heteroatoms. The molecule has 0 unspecified atom stereocenters. The van der Waals surface area contributed by atoms with Gasteiger partial charge in [-0.2, -0.15) is 16.8 Å². The van der Waals surface area contributed by atoms with Crippen LogP contribution in [0.2, 0.25) is 0 Å². The van der Waals surface area contributed by atoms with Gasteiger partial charge in [0.05, 0.1) is 26.2 Å². The van der Waals surface area contributed by atoms with Gasteiger partial charge in [-0.3, -0.25) is 18.3 Å². The highest BCUT2D eigenvalue weighted by atomic mass is 32.2. The third kappa shape index (κ3) is 2.52. The van der Waals surface area contributed by atoms with Gasteiger partial charge in [0.2, 0.25) is 0 Å². The molecule has 0 spiro atoms. The van der Waals surface area contributed by atoms with Crippen LogP contribution in [0.1, 0.15) is 0 Å². The van der Waals surface area contributed by atoms with E-state index in [0.717, 1.165) is 16.5 Å². The van der Waals surface area contributed by atoms with Crippen molar-refractivity contribution in [1.29, 1.82) is 0 Å². The van der Waals surface area contributed by atoms with Crippen molar-refractivity contribution in [3.63, 3.8) is 0 Å². The second-order valence-electron chi connectivity index (χ2n) is 6.55. The van der Waals surface area contributed by atoms with Gasteiger partial charge >= 0.3 is 0 Å². The molecule has 0 aliphatic rings. The smallest absolute Gasteiger partial charge is 0.282 e. The number of pyridine rings is 1. The number of nitrogens with zero attached hydrogens (tertiary/aromatic N) is 2. The lowest BCUT2D eigenvalue weighted by Crippen LogP contribution is -2.14. The Balaban J connectivity index is 2.09. The van der Waals surface area contributed by atoms with Gasteiger partial charge in [0.25, 0.3) is 25.8 Å². The number of rotatable bonds is 2.